The molecule has 0 aliphatic carbocycles. The minimum Gasteiger partial charge on any atom is -0.381 e. The second kappa shape index (κ2) is 8.63. The first-order chi connectivity index (χ1) is 12.4. The fourth-order valence-electron chi connectivity index (χ4n) is 2.31. The maximum atomic E-state index is 11.8. The molecule has 0 saturated carbocycles. The molecule has 136 valence electrons. The third-order valence-electron chi connectivity index (χ3n) is 3.64. The van der Waals surface area contributed by atoms with E-state index in [9.17, 15) is 14.4 Å². The third kappa shape index (κ3) is 5.05. The van der Waals surface area contributed by atoms with Crippen molar-refractivity contribution < 1.29 is 14.4 Å². The number of amides is 3. The first kappa shape index (κ1) is 18.9. The largest absolute Gasteiger partial charge is 0.381 e. The Morgan fingerprint density at radius 2 is 1.42 bits per heavy atom. The Morgan fingerprint density at radius 3 is 1.92 bits per heavy atom. The van der Waals surface area contributed by atoms with Gasteiger partial charge in [-0.25, -0.2) is 0 Å². The van der Waals surface area contributed by atoms with E-state index >= 15 is 0 Å². The molecule has 0 bridgehead atoms. The number of nitrogens with two attached hydrogens (primary N) is 3. The third-order valence-corrected chi connectivity index (χ3v) is 3.64. The first-order valence-corrected chi connectivity index (χ1v) is 7.96. The molecule has 26 heavy (non-hydrogen) atoms. The van der Waals surface area contributed by atoms with Crippen LogP contribution in [0, 0.1) is 0 Å². The zero-order valence-corrected chi connectivity index (χ0v) is 14.1. The van der Waals surface area contributed by atoms with Crippen LogP contribution in [0.15, 0.2) is 42.5 Å². The van der Waals surface area contributed by atoms with Crippen LogP contribution in [0.2, 0.25) is 0 Å². The summed E-state index contributed by atoms with van der Waals surface area (Å²) in [6.07, 6.45) is 0. The highest BCUT2D eigenvalue weighted by atomic mass is 16.2. The highest BCUT2D eigenvalue weighted by molar-refractivity contribution is 5.98. The van der Waals surface area contributed by atoms with E-state index in [1.165, 1.54) is 6.07 Å². The zero-order chi connectivity index (χ0) is 19.1. The molecule has 8 heteroatoms. The molecule has 0 heterocycles. The van der Waals surface area contributed by atoms with Crippen LogP contribution >= 0.6 is 0 Å². The number of benzene rings is 2. The van der Waals surface area contributed by atoms with Gasteiger partial charge < -0.3 is 27.8 Å². The van der Waals surface area contributed by atoms with Gasteiger partial charge in [-0.2, -0.15) is 0 Å². The van der Waals surface area contributed by atoms with Crippen LogP contribution in [0.25, 0.3) is 0 Å². The molecule has 0 fully saturated rings. The molecule has 2 rings (SSSR count). The number of hydrogen-bond acceptors (Lipinski definition) is 5. The van der Waals surface area contributed by atoms with E-state index < -0.39 is 11.8 Å². The molecule has 2 aromatic rings. The number of hydrogen-bond donors (Lipinski definition) is 5. The van der Waals surface area contributed by atoms with Gasteiger partial charge in [-0.1, -0.05) is 0 Å². The van der Waals surface area contributed by atoms with E-state index in [4.69, 9.17) is 17.2 Å². The lowest BCUT2D eigenvalue weighted by Gasteiger charge is -2.10. The molecular weight excluding hydrogens is 334 g/mol. The Balaban J connectivity index is 2.07. The first-order valence-electron chi connectivity index (χ1n) is 7.96. The number of primary amides is 2. The Hall–Kier alpha value is -3.39. The van der Waals surface area contributed by atoms with Crippen LogP contribution in [0.5, 0.6) is 0 Å². The van der Waals surface area contributed by atoms with E-state index in [0.717, 1.165) is 5.69 Å². The topological polar surface area (TPSA) is 153 Å². The monoisotopic (exact) mass is 355 g/mol. The lowest BCUT2D eigenvalue weighted by molar-refractivity contribution is 0.0952. The second-order valence-electron chi connectivity index (χ2n) is 5.62. The number of nitrogens with one attached hydrogen (secondary N) is 2. The van der Waals surface area contributed by atoms with E-state index in [1.807, 2.05) is 0 Å². The van der Waals surface area contributed by atoms with Crippen LogP contribution in [0.1, 0.15) is 36.6 Å². The van der Waals surface area contributed by atoms with Gasteiger partial charge in [0.2, 0.25) is 11.8 Å². The predicted octanol–water partition coefficient (Wildman–Crippen LogP) is 0.185. The summed E-state index contributed by atoms with van der Waals surface area (Å²) in [5.41, 5.74) is 18.3. The van der Waals surface area contributed by atoms with Crippen molar-refractivity contribution in [3.05, 3.63) is 64.7 Å². The summed E-state index contributed by atoms with van der Waals surface area (Å²) in [6, 6.07) is 11.4. The smallest absolute Gasteiger partial charge is 0.251 e. The summed E-state index contributed by atoms with van der Waals surface area (Å²) in [5, 5.41) is 5.83. The molecule has 8 N–H and O–H groups in total. The summed E-state index contributed by atoms with van der Waals surface area (Å²) in [7, 11) is 0. The van der Waals surface area contributed by atoms with Gasteiger partial charge in [0.15, 0.2) is 0 Å². The molecule has 0 atom stereocenters. The highest BCUT2D eigenvalue weighted by Crippen LogP contribution is 2.14. The van der Waals surface area contributed by atoms with E-state index in [1.54, 1.807) is 36.4 Å². The van der Waals surface area contributed by atoms with Crippen molar-refractivity contribution in [3.8, 4) is 0 Å². The number of carbonyl (C=O) groups excluding carboxylic acids is 3. The average molecular weight is 355 g/mol. The van der Waals surface area contributed by atoms with Crippen LogP contribution in [-0.2, 0) is 6.54 Å². The van der Waals surface area contributed by atoms with Crippen LogP contribution in [0.3, 0.4) is 0 Å². The molecular formula is C18H21N5O3. The van der Waals surface area contributed by atoms with Gasteiger partial charge in [-0.3, -0.25) is 14.4 Å². The molecule has 0 aliphatic rings. The van der Waals surface area contributed by atoms with Crippen molar-refractivity contribution in [2.75, 3.05) is 18.4 Å². The lowest BCUT2D eigenvalue weighted by Crippen LogP contribution is -2.28. The van der Waals surface area contributed by atoms with Gasteiger partial charge in [-0.05, 0) is 48.0 Å². The Bertz CT molecular complexity index is 786. The Kier molecular flexibility index (Phi) is 6.29. The quantitative estimate of drug-likeness (QED) is 0.457. The normalized spacial score (nSPS) is 10.2. The van der Waals surface area contributed by atoms with Gasteiger partial charge in [0.25, 0.3) is 5.91 Å². The molecule has 0 unspecified atom stereocenters. The summed E-state index contributed by atoms with van der Waals surface area (Å²) < 4.78 is 0. The van der Waals surface area contributed by atoms with Crippen molar-refractivity contribution in [1.82, 2.24) is 5.32 Å². The van der Waals surface area contributed by atoms with Crippen LogP contribution < -0.4 is 27.8 Å². The number of carbonyl (C=O) groups is 3. The SMILES string of the molecule is NCCNC(=O)c1ccc(NCc2cc(C(N)=O)cc(C(N)=O)c2)cc1. The van der Waals surface area contributed by atoms with Gasteiger partial charge in [0.1, 0.15) is 0 Å². The molecule has 8 nitrogen and oxygen atoms in total. The van der Waals surface area contributed by atoms with E-state index in [-0.39, 0.29) is 17.0 Å². The van der Waals surface area contributed by atoms with Crippen LogP contribution in [0.4, 0.5) is 5.69 Å². The number of rotatable bonds is 8. The minimum absolute atomic E-state index is 0.192. The molecule has 2 aromatic carbocycles. The molecule has 0 aliphatic heterocycles. The van der Waals surface area contributed by atoms with Crippen molar-refractivity contribution in [2.45, 2.75) is 6.54 Å². The Morgan fingerprint density at radius 1 is 0.846 bits per heavy atom. The zero-order valence-electron chi connectivity index (χ0n) is 14.1. The van der Waals surface area contributed by atoms with Crippen molar-refractivity contribution in [3.63, 3.8) is 0 Å². The standard InChI is InChI=1S/C18H21N5O3/c19-5-6-22-18(26)12-1-3-15(4-2-12)23-10-11-7-13(16(20)24)9-14(8-11)17(21)25/h1-4,7-9,23H,5-6,10,19H2,(H2,20,24)(H2,21,25)(H,22,26). The Labute approximate surface area is 150 Å². The van der Waals surface area contributed by atoms with Gasteiger partial charge in [0, 0.05) is 42.0 Å². The molecule has 0 saturated heterocycles. The fourth-order valence-corrected chi connectivity index (χ4v) is 2.31. The van der Waals surface area contributed by atoms with Crippen molar-refractivity contribution in [2.24, 2.45) is 17.2 Å². The molecule has 0 spiro atoms. The van der Waals surface area contributed by atoms with Gasteiger partial charge >= 0.3 is 0 Å². The van der Waals surface area contributed by atoms with Crippen molar-refractivity contribution in [1.29, 1.82) is 0 Å². The minimum atomic E-state index is -0.637. The van der Waals surface area contributed by atoms with E-state index in [0.29, 0.717) is 30.8 Å². The highest BCUT2D eigenvalue weighted by Gasteiger charge is 2.09. The number of anilines is 1. The van der Waals surface area contributed by atoms with E-state index in [2.05, 4.69) is 10.6 Å². The maximum Gasteiger partial charge on any atom is 0.251 e. The molecule has 0 aromatic heterocycles. The second-order valence-corrected chi connectivity index (χ2v) is 5.62. The van der Waals surface area contributed by atoms with Gasteiger partial charge in [0.05, 0.1) is 0 Å². The fraction of sp³-hybridized carbons (Fsp3) is 0.167. The molecule has 3 amide bonds. The van der Waals surface area contributed by atoms with Crippen LogP contribution in [-0.4, -0.2) is 30.8 Å². The lowest BCUT2D eigenvalue weighted by atomic mass is 10.0. The van der Waals surface area contributed by atoms with Gasteiger partial charge in [-0.15, -0.1) is 0 Å². The summed E-state index contributed by atoms with van der Waals surface area (Å²) in [5.74, 6) is -1.47. The average Bonchev–Trinajstić information content (AvgIpc) is 2.64. The maximum absolute atomic E-state index is 11.8. The van der Waals surface area contributed by atoms with Crippen molar-refractivity contribution >= 4 is 23.4 Å². The predicted molar refractivity (Wildman–Crippen MR) is 98.6 cm³/mol. The summed E-state index contributed by atoms with van der Waals surface area (Å²) >= 11 is 0. The summed E-state index contributed by atoms with van der Waals surface area (Å²) in [4.78, 5) is 34.6. The molecule has 0 radical (unpaired) electrons. The summed E-state index contributed by atoms with van der Waals surface area (Å²) in [6.45, 7) is 1.14.